The molecule has 0 heterocycles. The largest absolute Gasteiger partial charge is 0.493 e. The van der Waals surface area contributed by atoms with E-state index in [1.54, 1.807) is 30.3 Å². The van der Waals surface area contributed by atoms with Gasteiger partial charge in [-0.15, -0.1) is 0 Å². The molecular weight excluding hydrogens is 329 g/mol. The second-order valence-corrected chi connectivity index (χ2v) is 5.09. The molecule has 0 bridgehead atoms. The third kappa shape index (κ3) is 5.49. The third-order valence-electron chi connectivity index (χ3n) is 3.26. The molecule has 0 saturated carbocycles. The number of esters is 1. The summed E-state index contributed by atoms with van der Waals surface area (Å²) in [4.78, 5) is 22.8. The van der Waals surface area contributed by atoms with Crippen molar-refractivity contribution in [2.24, 2.45) is 0 Å². The Labute approximate surface area is 144 Å². The molecule has 0 fully saturated rings. The quantitative estimate of drug-likeness (QED) is 0.616. The number of nitrogens with one attached hydrogen (secondary N) is 1. The van der Waals surface area contributed by atoms with E-state index >= 15 is 0 Å². The van der Waals surface area contributed by atoms with Crippen molar-refractivity contribution in [3.05, 3.63) is 53.8 Å². The molecule has 1 N–H and O–H groups in total. The fraction of sp³-hybridized carbons (Fsp3) is 0.222. The smallest absolute Gasteiger partial charge is 0.315 e. The molecule has 0 aliphatic rings. The number of hydrogen-bond acceptors (Lipinski definition) is 5. The number of carbonyl (C=O) groups is 2. The number of halogens is 1. The van der Waals surface area contributed by atoms with Gasteiger partial charge in [0.15, 0.2) is 11.5 Å². The molecule has 7 heteroatoms. The van der Waals surface area contributed by atoms with Crippen molar-refractivity contribution in [1.82, 2.24) is 0 Å². The molecule has 1 amide bonds. The van der Waals surface area contributed by atoms with Crippen molar-refractivity contribution >= 4 is 17.6 Å². The van der Waals surface area contributed by atoms with Gasteiger partial charge in [-0.2, -0.15) is 0 Å². The Morgan fingerprint density at radius 3 is 2.56 bits per heavy atom. The van der Waals surface area contributed by atoms with E-state index in [0.717, 1.165) is 0 Å². The maximum atomic E-state index is 13.2. The molecule has 25 heavy (non-hydrogen) atoms. The summed E-state index contributed by atoms with van der Waals surface area (Å²) in [5.41, 5.74) is 1.13. The molecule has 0 radical (unpaired) electrons. The lowest BCUT2D eigenvalue weighted by Gasteiger charge is -2.13. The highest BCUT2D eigenvalue weighted by Gasteiger charge is 2.12. The Morgan fingerprint density at radius 1 is 1.08 bits per heavy atom. The van der Waals surface area contributed by atoms with Crippen LogP contribution in [-0.4, -0.2) is 26.1 Å². The molecule has 0 saturated heterocycles. The average molecular weight is 347 g/mol. The van der Waals surface area contributed by atoms with Gasteiger partial charge in [0.1, 0.15) is 18.8 Å². The summed E-state index contributed by atoms with van der Waals surface area (Å²) < 4.78 is 28.5. The van der Waals surface area contributed by atoms with Crippen molar-refractivity contribution in [3.63, 3.8) is 0 Å². The molecule has 0 spiro atoms. The standard InChI is InChI=1S/C18H18FNO5/c1-23-16-9-14(20-17(21)10-18(22)24-2)6-7-15(16)25-11-12-4-3-5-13(19)8-12/h3-9H,10-11H2,1-2H3,(H,20,21). The number of carbonyl (C=O) groups excluding carboxylic acids is 2. The maximum Gasteiger partial charge on any atom is 0.315 e. The monoisotopic (exact) mass is 347 g/mol. The van der Waals surface area contributed by atoms with Gasteiger partial charge in [-0.05, 0) is 29.8 Å². The van der Waals surface area contributed by atoms with Crippen LogP contribution in [0.15, 0.2) is 42.5 Å². The van der Waals surface area contributed by atoms with Crippen molar-refractivity contribution in [1.29, 1.82) is 0 Å². The number of benzene rings is 2. The van der Waals surface area contributed by atoms with E-state index in [2.05, 4.69) is 10.1 Å². The van der Waals surface area contributed by atoms with E-state index in [9.17, 15) is 14.0 Å². The molecule has 0 aliphatic heterocycles. The zero-order chi connectivity index (χ0) is 18.2. The number of anilines is 1. The normalized spacial score (nSPS) is 10.0. The Kier molecular flexibility index (Phi) is 6.33. The molecule has 2 aromatic rings. The van der Waals surface area contributed by atoms with Crippen LogP contribution in [0.3, 0.4) is 0 Å². The van der Waals surface area contributed by atoms with Gasteiger partial charge in [-0.1, -0.05) is 12.1 Å². The fourth-order valence-electron chi connectivity index (χ4n) is 2.06. The Balaban J connectivity index is 2.03. The van der Waals surface area contributed by atoms with Crippen molar-refractivity contribution in [2.45, 2.75) is 13.0 Å². The second-order valence-electron chi connectivity index (χ2n) is 5.09. The topological polar surface area (TPSA) is 73.9 Å². The first kappa shape index (κ1) is 18.3. The van der Waals surface area contributed by atoms with E-state index in [0.29, 0.717) is 22.7 Å². The number of ether oxygens (including phenoxy) is 3. The van der Waals surface area contributed by atoms with E-state index in [1.807, 2.05) is 0 Å². The SMILES string of the molecule is COC(=O)CC(=O)Nc1ccc(OCc2cccc(F)c2)c(OC)c1. The first-order chi connectivity index (χ1) is 12.0. The number of methoxy groups -OCH3 is 2. The minimum absolute atomic E-state index is 0.169. The second kappa shape index (κ2) is 8.68. The maximum absolute atomic E-state index is 13.2. The van der Waals surface area contributed by atoms with Gasteiger partial charge in [0.05, 0.1) is 14.2 Å². The lowest BCUT2D eigenvalue weighted by molar-refractivity contribution is -0.142. The zero-order valence-corrected chi connectivity index (χ0v) is 13.9. The van der Waals surface area contributed by atoms with Gasteiger partial charge in [0, 0.05) is 11.8 Å². The van der Waals surface area contributed by atoms with Crippen molar-refractivity contribution in [2.75, 3.05) is 19.5 Å². The van der Waals surface area contributed by atoms with Gasteiger partial charge < -0.3 is 19.5 Å². The molecule has 2 aromatic carbocycles. The summed E-state index contributed by atoms with van der Waals surface area (Å²) in [6, 6.07) is 10.9. The van der Waals surface area contributed by atoms with Gasteiger partial charge in [-0.25, -0.2) is 4.39 Å². The van der Waals surface area contributed by atoms with E-state index in [1.165, 1.54) is 26.4 Å². The van der Waals surface area contributed by atoms with E-state index in [4.69, 9.17) is 9.47 Å². The number of hydrogen-bond donors (Lipinski definition) is 1. The fourth-order valence-corrected chi connectivity index (χ4v) is 2.06. The van der Waals surface area contributed by atoms with Gasteiger partial charge >= 0.3 is 5.97 Å². The van der Waals surface area contributed by atoms with Gasteiger partial charge in [0.2, 0.25) is 5.91 Å². The molecular formula is C18H18FNO5. The minimum atomic E-state index is -0.625. The van der Waals surface area contributed by atoms with Crippen molar-refractivity contribution < 1.29 is 28.2 Å². The summed E-state index contributed by atoms with van der Waals surface area (Å²) in [6.07, 6.45) is -0.378. The van der Waals surface area contributed by atoms with Crippen molar-refractivity contribution in [3.8, 4) is 11.5 Å². The van der Waals surface area contributed by atoms with Crippen LogP contribution in [0.25, 0.3) is 0 Å². The van der Waals surface area contributed by atoms with Crippen LogP contribution in [0.1, 0.15) is 12.0 Å². The lowest BCUT2D eigenvalue weighted by Crippen LogP contribution is -2.17. The van der Waals surface area contributed by atoms with Crippen LogP contribution < -0.4 is 14.8 Å². The highest BCUT2D eigenvalue weighted by Crippen LogP contribution is 2.31. The molecule has 0 unspecified atom stereocenters. The Hall–Kier alpha value is -3.09. The third-order valence-corrected chi connectivity index (χ3v) is 3.26. The zero-order valence-electron chi connectivity index (χ0n) is 13.9. The summed E-state index contributed by atoms with van der Waals surface area (Å²) in [6.45, 7) is 0.169. The van der Waals surface area contributed by atoms with Crippen LogP contribution in [0.2, 0.25) is 0 Å². The molecule has 2 rings (SSSR count). The van der Waals surface area contributed by atoms with Gasteiger partial charge in [-0.3, -0.25) is 9.59 Å². The predicted molar refractivity (Wildman–Crippen MR) is 89.0 cm³/mol. The number of rotatable bonds is 7. The van der Waals surface area contributed by atoms with E-state index < -0.39 is 11.9 Å². The molecule has 132 valence electrons. The summed E-state index contributed by atoms with van der Waals surface area (Å²) in [7, 11) is 2.67. The van der Waals surface area contributed by atoms with Crippen LogP contribution >= 0.6 is 0 Å². The average Bonchev–Trinajstić information content (AvgIpc) is 2.60. The lowest BCUT2D eigenvalue weighted by atomic mass is 10.2. The van der Waals surface area contributed by atoms with Gasteiger partial charge in [0.25, 0.3) is 0 Å². The molecule has 6 nitrogen and oxygen atoms in total. The summed E-state index contributed by atoms with van der Waals surface area (Å²) in [5.74, 6) is -0.622. The first-order valence-corrected chi connectivity index (χ1v) is 7.43. The molecule has 0 aromatic heterocycles. The summed E-state index contributed by atoms with van der Waals surface area (Å²) >= 11 is 0. The summed E-state index contributed by atoms with van der Waals surface area (Å²) in [5, 5.41) is 2.57. The number of amides is 1. The molecule has 0 atom stereocenters. The van der Waals surface area contributed by atoms with Crippen LogP contribution in [0, 0.1) is 5.82 Å². The van der Waals surface area contributed by atoms with E-state index in [-0.39, 0.29) is 18.8 Å². The van der Waals surface area contributed by atoms with Crippen LogP contribution in [0.5, 0.6) is 11.5 Å². The van der Waals surface area contributed by atoms with Crippen LogP contribution in [0.4, 0.5) is 10.1 Å². The highest BCUT2D eigenvalue weighted by atomic mass is 19.1. The minimum Gasteiger partial charge on any atom is -0.493 e. The first-order valence-electron chi connectivity index (χ1n) is 7.43. The Bertz CT molecular complexity index is 763. The predicted octanol–water partition coefficient (Wildman–Crippen LogP) is 2.91. The highest BCUT2D eigenvalue weighted by molar-refractivity contribution is 6.01. The van der Waals surface area contributed by atoms with Crippen LogP contribution in [-0.2, 0) is 20.9 Å². The Morgan fingerprint density at radius 2 is 1.88 bits per heavy atom. The molecule has 0 aliphatic carbocycles.